The van der Waals surface area contributed by atoms with Crippen LogP contribution >= 0.6 is 11.3 Å². The van der Waals surface area contributed by atoms with E-state index in [1.165, 1.54) is 9.75 Å². The fourth-order valence-corrected chi connectivity index (χ4v) is 5.09. The first-order valence-electron chi connectivity index (χ1n) is 11.4. The minimum atomic E-state index is 0.258. The number of anilines is 1. The van der Waals surface area contributed by atoms with Crippen LogP contribution in [0.4, 0.5) is 5.95 Å². The van der Waals surface area contributed by atoms with E-state index in [4.69, 9.17) is 4.98 Å². The fraction of sp³-hybridized carbons (Fsp3) is 0.440. The first-order valence-corrected chi connectivity index (χ1v) is 12.2. The molecule has 1 aliphatic rings. The van der Waals surface area contributed by atoms with Gasteiger partial charge in [0, 0.05) is 65.4 Å². The highest BCUT2D eigenvalue weighted by Crippen LogP contribution is 2.34. The van der Waals surface area contributed by atoms with Gasteiger partial charge in [0.2, 0.25) is 11.9 Å². The van der Waals surface area contributed by atoms with Crippen molar-refractivity contribution in [3.8, 4) is 11.1 Å². The number of rotatable bonds is 7. The lowest BCUT2D eigenvalue weighted by atomic mass is 9.89. The number of carbonyl (C=O) groups is 1. The first kappa shape index (κ1) is 22.4. The van der Waals surface area contributed by atoms with E-state index in [0.29, 0.717) is 18.3 Å². The minimum absolute atomic E-state index is 0.258. The summed E-state index contributed by atoms with van der Waals surface area (Å²) in [4.78, 5) is 31.0. The highest BCUT2D eigenvalue weighted by molar-refractivity contribution is 7.11. The molecule has 0 saturated carbocycles. The summed E-state index contributed by atoms with van der Waals surface area (Å²) >= 11 is 1.78. The molecule has 0 radical (unpaired) electrons. The Kier molecular flexibility index (Phi) is 7.15. The molecule has 0 atom stereocenters. The number of hydrogen-bond acceptors (Lipinski definition) is 6. The highest BCUT2D eigenvalue weighted by atomic mass is 32.1. The predicted octanol–water partition coefficient (Wildman–Crippen LogP) is 5.07. The van der Waals surface area contributed by atoms with Crippen LogP contribution in [0.2, 0.25) is 0 Å². The smallest absolute Gasteiger partial charge is 0.223 e. The molecule has 1 saturated heterocycles. The molecule has 0 aliphatic carbocycles. The minimum Gasteiger partial charge on any atom is -0.352 e. The number of pyridine rings is 1. The van der Waals surface area contributed by atoms with Crippen molar-refractivity contribution in [2.45, 2.75) is 58.4 Å². The molecule has 3 aromatic rings. The number of nitrogens with zero attached hydrogens (tertiary/aromatic N) is 4. The molecule has 0 bridgehead atoms. The number of thiophene rings is 1. The molecule has 168 valence electrons. The van der Waals surface area contributed by atoms with Crippen molar-refractivity contribution in [2.24, 2.45) is 0 Å². The third-order valence-electron chi connectivity index (χ3n) is 5.84. The molecular weight excluding hydrogens is 418 g/mol. The second-order valence-electron chi connectivity index (χ2n) is 8.69. The molecule has 3 aromatic heterocycles. The van der Waals surface area contributed by atoms with Gasteiger partial charge >= 0.3 is 0 Å². The van der Waals surface area contributed by atoms with Gasteiger partial charge < -0.3 is 10.2 Å². The number of aromatic nitrogens is 3. The predicted molar refractivity (Wildman–Crippen MR) is 130 cm³/mol. The standard InChI is InChI=1S/C25H31N5OS/c1-17(2)28-25-27-16-22(19-8-12-26-13-9-19)24(29-25)20-10-14-30(15-11-20)23(31)7-6-21-5-4-18(3)32-21/h4-5,8-9,12-13,16-17,20H,6-7,10-11,14-15H2,1-3H3,(H,27,28,29). The largest absolute Gasteiger partial charge is 0.352 e. The molecule has 6 nitrogen and oxygen atoms in total. The Morgan fingerprint density at radius 2 is 1.94 bits per heavy atom. The van der Waals surface area contributed by atoms with Gasteiger partial charge in [-0.15, -0.1) is 11.3 Å². The third-order valence-corrected chi connectivity index (χ3v) is 6.90. The van der Waals surface area contributed by atoms with Crippen LogP contribution in [0.15, 0.2) is 42.9 Å². The molecule has 1 fully saturated rings. The van der Waals surface area contributed by atoms with E-state index >= 15 is 0 Å². The van der Waals surface area contributed by atoms with E-state index in [2.05, 4.69) is 48.2 Å². The van der Waals surface area contributed by atoms with Crippen molar-refractivity contribution in [1.82, 2.24) is 19.9 Å². The first-order chi connectivity index (χ1) is 15.5. The van der Waals surface area contributed by atoms with E-state index in [9.17, 15) is 4.79 Å². The summed E-state index contributed by atoms with van der Waals surface area (Å²) in [6, 6.07) is 8.53. The Labute approximate surface area is 194 Å². The van der Waals surface area contributed by atoms with Gasteiger partial charge in [-0.3, -0.25) is 9.78 Å². The maximum absolute atomic E-state index is 12.8. The van der Waals surface area contributed by atoms with Gasteiger partial charge in [-0.05, 0) is 69.9 Å². The number of piperidine rings is 1. The van der Waals surface area contributed by atoms with Crippen LogP contribution in [0.5, 0.6) is 0 Å². The van der Waals surface area contributed by atoms with E-state index < -0.39 is 0 Å². The molecule has 0 spiro atoms. The Balaban J connectivity index is 1.45. The van der Waals surface area contributed by atoms with Gasteiger partial charge in [0.1, 0.15) is 0 Å². The Morgan fingerprint density at radius 3 is 2.59 bits per heavy atom. The van der Waals surface area contributed by atoms with Crippen LogP contribution in [-0.4, -0.2) is 44.9 Å². The molecule has 1 aliphatic heterocycles. The van der Waals surface area contributed by atoms with Crippen LogP contribution < -0.4 is 5.32 Å². The number of carbonyl (C=O) groups excluding carboxylic acids is 1. The van der Waals surface area contributed by atoms with Gasteiger partial charge in [0.15, 0.2) is 0 Å². The van der Waals surface area contributed by atoms with Crippen molar-refractivity contribution in [3.05, 3.63) is 58.3 Å². The van der Waals surface area contributed by atoms with E-state index in [1.54, 1.807) is 23.7 Å². The van der Waals surface area contributed by atoms with Crippen LogP contribution in [-0.2, 0) is 11.2 Å². The van der Waals surface area contributed by atoms with Crippen molar-refractivity contribution in [3.63, 3.8) is 0 Å². The molecule has 1 amide bonds. The average Bonchev–Trinajstić information content (AvgIpc) is 3.23. The van der Waals surface area contributed by atoms with Gasteiger partial charge in [0.25, 0.3) is 0 Å². The third kappa shape index (κ3) is 5.51. The maximum atomic E-state index is 12.8. The van der Waals surface area contributed by atoms with E-state index in [-0.39, 0.29) is 11.9 Å². The van der Waals surface area contributed by atoms with Crippen molar-refractivity contribution < 1.29 is 4.79 Å². The summed E-state index contributed by atoms with van der Waals surface area (Å²) in [5.41, 5.74) is 3.20. The van der Waals surface area contributed by atoms with Gasteiger partial charge in [-0.2, -0.15) is 0 Å². The zero-order valence-corrected chi connectivity index (χ0v) is 19.9. The quantitative estimate of drug-likeness (QED) is 0.545. The zero-order chi connectivity index (χ0) is 22.5. The molecule has 0 unspecified atom stereocenters. The van der Waals surface area contributed by atoms with Gasteiger partial charge in [-0.25, -0.2) is 9.97 Å². The summed E-state index contributed by atoms with van der Waals surface area (Å²) in [7, 11) is 0. The lowest BCUT2D eigenvalue weighted by molar-refractivity contribution is -0.132. The maximum Gasteiger partial charge on any atom is 0.223 e. The summed E-state index contributed by atoms with van der Waals surface area (Å²) in [5.74, 6) is 1.23. The van der Waals surface area contributed by atoms with Crippen LogP contribution in [0.1, 0.15) is 54.5 Å². The van der Waals surface area contributed by atoms with Crippen LogP contribution in [0, 0.1) is 6.92 Å². The molecule has 32 heavy (non-hydrogen) atoms. The monoisotopic (exact) mass is 449 g/mol. The molecular formula is C25H31N5OS. The van der Waals surface area contributed by atoms with Gasteiger partial charge in [-0.1, -0.05) is 0 Å². The van der Waals surface area contributed by atoms with Crippen molar-refractivity contribution >= 4 is 23.2 Å². The molecule has 7 heteroatoms. The summed E-state index contributed by atoms with van der Waals surface area (Å²) in [6.45, 7) is 7.83. The second kappa shape index (κ2) is 10.2. The van der Waals surface area contributed by atoms with Crippen molar-refractivity contribution in [2.75, 3.05) is 18.4 Å². The van der Waals surface area contributed by atoms with Crippen LogP contribution in [0.25, 0.3) is 11.1 Å². The number of hydrogen-bond donors (Lipinski definition) is 1. The number of amides is 1. The van der Waals surface area contributed by atoms with Crippen molar-refractivity contribution in [1.29, 1.82) is 0 Å². The Bertz CT molecular complexity index is 1040. The second-order valence-corrected chi connectivity index (χ2v) is 10.1. The Hall–Kier alpha value is -2.80. The number of likely N-dealkylation sites (tertiary alicyclic amines) is 1. The summed E-state index contributed by atoms with van der Waals surface area (Å²) < 4.78 is 0. The average molecular weight is 450 g/mol. The molecule has 1 N–H and O–H groups in total. The topological polar surface area (TPSA) is 71.0 Å². The Morgan fingerprint density at radius 1 is 1.19 bits per heavy atom. The summed E-state index contributed by atoms with van der Waals surface area (Å²) in [5, 5.41) is 3.33. The molecule has 4 heterocycles. The number of aryl methyl sites for hydroxylation is 2. The number of nitrogens with one attached hydrogen (secondary N) is 1. The van der Waals surface area contributed by atoms with Crippen LogP contribution in [0.3, 0.4) is 0 Å². The molecule has 0 aromatic carbocycles. The van der Waals surface area contributed by atoms with Gasteiger partial charge in [0.05, 0.1) is 5.69 Å². The normalized spacial score (nSPS) is 14.7. The van der Waals surface area contributed by atoms with E-state index in [1.807, 2.05) is 23.2 Å². The zero-order valence-electron chi connectivity index (χ0n) is 19.0. The summed E-state index contributed by atoms with van der Waals surface area (Å²) in [6.07, 6.45) is 8.77. The molecule has 4 rings (SSSR count). The lowest BCUT2D eigenvalue weighted by Crippen LogP contribution is -2.38. The van der Waals surface area contributed by atoms with E-state index in [0.717, 1.165) is 49.2 Å². The highest BCUT2D eigenvalue weighted by Gasteiger charge is 2.27. The fourth-order valence-electron chi connectivity index (χ4n) is 4.20. The SMILES string of the molecule is Cc1ccc(CCC(=O)N2CCC(c3nc(NC(C)C)ncc3-c3ccncc3)CC2)s1. The lowest BCUT2D eigenvalue weighted by Gasteiger charge is -2.32.